The van der Waals surface area contributed by atoms with Crippen LogP contribution in [0.3, 0.4) is 0 Å². The lowest BCUT2D eigenvalue weighted by Crippen LogP contribution is -2.67. The molecule has 1 atom stereocenters. The Bertz CT molecular complexity index is 813. The third-order valence-electron chi connectivity index (χ3n) is 7.91. The number of amides is 1. The lowest BCUT2D eigenvalue weighted by Gasteiger charge is -2.54. The number of hydrogen-bond acceptors (Lipinski definition) is 4. The molecule has 5 heteroatoms. The van der Waals surface area contributed by atoms with Gasteiger partial charge < -0.3 is 10.6 Å². The van der Waals surface area contributed by atoms with E-state index in [9.17, 15) is 4.79 Å². The summed E-state index contributed by atoms with van der Waals surface area (Å²) in [7, 11) is 0. The van der Waals surface area contributed by atoms with Crippen LogP contribution in [0, 0.1) is 5.92 Å². The van der Waals surface area contributed by atoms with Crippen molar-refractivity contribution in [3.05, 3.63) is 35.9 Å². The Labute approximate surface area is 202 Å². The van der Waals surface area contributed by atoms with Crippen molar-refractivity contribution in [2.24, 2.45) is 11.8 Å². The largest absolute Gasteiger partial charge is 0.307 e. The maximum Gasteiger partial charge on any atom is 0.247 e. The molecule has 2 aliphatic rings. The highest BCUT2D eigenvalue weighted by atomic mass is 16.2. The highest BCUT2D eigenvalue weighted by Gasteiger charge is 2.54. The van der Waals surface area contributed by atoms with Crippen LogP contribution in [0.4, 0.5) is 0 Å². The molecule has 0 radical (unpaired) electrons. The third-order valence-corrected chi connectivity index (χ3v) is 7.91. The van der Waals surface area contributed by atoms with Gasteiger partial charge in [-0.25, -0.2) is 5.84 Å². The molecule has 186 valence electrons. The minimum Gasteiger partial charge on any atom is -0.307 e. The summed E-state index contributed by atoms with van der Waals surface area (Å²) in [5.74, 6) is 7.08. The van der Waals surface area contributed by atoms with Crippen LogP contribution in [-0.4, -0.2) is 39.1 Å². The second kappa shape index (κ2) is 8.66. The van der Waals surface area contributed by atoms with Crippen molar-refractivity contribution in [3.8, 4) is 0 Å². The van der Waals surface area contributed by atoms with Crippen molar-refractivity contribution in [3.63, 3.8) is 0 Å². The average Bonchev–Trinajstić information content (AvgIpc) is 2.64. The molecule has 2 fully saturated rings. The van der Waals surface area contributed by atoms with E-state index in [0.29, 0.717) is 0 Å². The van der Waals surface area contributed by atoms with Crippen LogP contribution in [0.1, 0.15) is 100.0 Å². The summed E-state index contributed by atoms with van der Waals surface area (Å²) < 4.78 is 0. The zero-order valence-corrected chi connectivity index (χ0v) is 22.5. The van der Waals surface area contributed by atoms with Gasteiger partial charge >= 0.3 is 0 Å². The quantitative estimate of drug-likeness (QED) is 0.335. The van der Waals surface area contributed by atoms with Crippen LogP contribution >= 0.6 is 0 Å². The van der Waals surface area contributed by atoms with Crippen molar-refractivity contribution in [2.75, 3.05) is 0 Å². The van der Waals surface area contributed by atoms with E-state index in [0.717, 1.165) is 37.7 Å². The Morgan fingerprint density at radius 3 is 1.73 bits per heavy atom. The molecule has 0 spiro atoms. The summed E-state index contributed by atoms with van der Waals surface area (Å²) in [5.41, 5.74) is 0.181. The number of carbonyl (C=O) groups excluding carboxylic acids is 1. The molecule has 0 saturated carbocycles. The Kier molecular flexibility index (Phi) is 6.87. The SMILES string of the molecule is CCC(C(=O)N(N)C1CC(C)(C)NC(C)(C)C1)(c1ccccc1)C1CC(C)(C)NC(C)(C)C1. The van der Waals surface area contributed by atoms with Crippen LogP contribution in [0.15, 0.2) is 30.3 Å². The number of piperidine rings is 2. The van der Waals surface area contributed by atoms with Gasteiger partial charge in [-0.2, -0.15) is 0 Å². The summed E-state index contributed by atoms with van der Waals surface area (Å²) in [6.45, 7) is 20.0. The van der Waals surface area contributed by atoms with Crippen LogP contribution in [0.25, 0.3) is 0 Å². The molecular formula is C28H48N4O. The second-order valence-corrected chi connectivity index (χ2v) is 13.4. The van der Waals surface area contributed by atoms with Crippen LogP contribution < -0.4 is 16.5 Å². The molecule has 3 rings (SSSR count). The van der Waals surface area contributed by atoms with Gasteiger partial charge in [-0.05, 0) is 99.0 Å². The van der Waals surface area contributed by atoms with Gasteiger partial charge in [0.15, 0.2) is 0 Å². The normalized spacial score (nSPS) is 26.4. The zero-order valence-electron chi connectivity index (χ0n) is 22.5. The molecule has 0 aliphatic carbocycles. The Morgan fingerprint density at radius 2 is 1.30 bits per heavy atom. The van der Waals surface area contributed by atoms with E-state index >= 15 is 0 Å². The average molecular weight is 457 g/mol. The fourth-order valence-electron chi connectivity index (χ4n) is 7.45. The van der Waals surface area contributed by atoms with Crippen molar-refractivity contribution >= 4 is 5.91 Å². The summed E-state index contributed by atoms with van der Waals surface area (Å²) in [6.07, 6.45) is 4.29. The van der Waals surface area contributed by atoms with E-state index in [1.54, 1.807) is 5.01 Å². The number of benzene rings is 1. The van der Waals surface area contributed by atoms with Crippen molar-refractivity contribution in [1.82, 2.24) is 15.6 Å². The van der Waals surface area contributed by atoms with Gasteiger partial charge in [0, 0.05) is 22.2 Å². The predicted molar refractivity (Wildman–Crippen MR) is 138 cm³/mol. The molecule has 0 aromatic heterocycles. The molecule has 1 amide bonds. The van der Waals surface area contributed by atoms with Gasteiger partial charge in [0.1, 0.15) is 0 Å². The highest BCUT2D eigenvalue weighted by molar-refractivity contribution is 5.88. The predicted octanol–water partition coefficient (Wildman–Crippen LogP) is 4.90. The second-order valence-electron chi connectivity index (χ2n) is 13.4. The van der Waals surface area contributed by atoms with E-state index < -0.39 is 5.41 Å². The van der Waals surface area contributed by atoms with Gasteiger partial charge in [0.25, 0.3) is 0 Å². The van der Waals surface area contributed by atoms with Crippen LogP contribution in [-0.2, 0) is 10.2 Å². The zero-order chi connectivity index (χ0) is 24.9. The minimum absolute atomic E-state index is 0.00104. The first-order chi connectivity index (χ1) is 15.0. The molecule has 1 aromatic rings. The molecule has 1 unspecified atom stereocenters. The van der Waals surface area contributed by atoms with Gasteiger partial charge in [-0.15, -0.1) is 0 Å². The molecule has 2 saturated heterocycles. The number of hydrazine groups is 1. The first kappa shape index (κ1) is 26.2. The van der Waals surface area contributed by atoms with Gasteiger partial charge in [0.05, 0.1) is 11.5 Å². The maximum absolute atomic E-state index is 14.6. The number of hydrogen-bond donors (Lipinski definition) is 3. The number of nitrogens with zero attached hydrogens (tertiary/aromatic N) is 1. The molecule has 1 aromatic carbocycles. The molecule has 33 heavy (non-hydrogen) atoms. The summed E-state index contributed by atoms with van der Waals surface area (Å²) in [5, 5.41) is 9.15. The van der Waals surface area contributed by atoms with Gasteiger partial charge in [-0.3, -0.25) is 9.80 Å². The number of nitrogens with one attached hydrogen (secondary N) is 2. The first-order valence-corrected chi connectivity index (χ1v) is 12.8. The Hall–Kier alpha value is -1.43. The summed E-state index contributed by atoms with van der Waals surface area (Å²) >= 11 is 0. The monoisotopic (exact) mass is 456 g/mol. The van der Waals surface area contributed by atoms with E-state index in [1.165, 1.54) is 0 Å². The summed E-state index contributed by atoms with van der Waals surface area (Å²) in [6, 6.07) is 10.4. The van der Waals surface area contributed by atoms with Crippen LogP contribution in [0.5, 0.6) is 0 Å². The van der Waals surface area contributed by atoms with Crippen molar-refractivity contribution in [1.29, 1.82) is 0 Å². The lowest BCUT2D eigenvalue weighted by molar-refractivity contribution is -0.146. The smallest absolute Gasteiger partial charge is 0.247 e. The van der Waals surface area contributed by atoms with Crippen molar-refractivity contribution in [2.45, 2.75) is 128 Å². The van der Waals surface area contributed by atoms with E-state index in [2.05, 4.69) is 97.2 Å². The van der Waals surface area contributed by atoms with Gasteiger partial charge in [0.2, 0.25) is 5.91 Å². The lowest BCUT2D eigenvalue weighted by atomic mass is 9.59. The summed E-state index contributed by atoms with van der Waals surface area (Å²) in [4.78, 5) is 14.6. The number of nitrogens with two attached hydrogens (primary N) is 1. The van der Waals surface area contributed by atoms with E-state index in [4.69, 9.17) is 5.84 Å². The first-order valence-electron chi connectivity index (χ1n) is 12.8. The molecule has 5 nitrogen and oxygen atoms in total. The standard InChI is InChI=1S/C28H48N4O/c1-10-28(20-14-12-11-13-15-20,21-16-24(2,3)30-25(4,5)17-21)23(33)32(29)22-18-26(6,7)31-27(8,9)19-22/h11-15,21-22,30-31H,10,16-19,29H2,1-9H3. The van der Waals surface area contributed by atoms with Gasteiger partial charge in [-0.1, -0.05) is 37.3 Å². The number of rotatable bonds is 5. The molecule has 2 heterocycles. The molecular weight excluding hydrogens is 408 g/mol. The topological polar surface area (TPSA) is 70.4 Å². The third kappa shape index (κ3) is 5.47. The molecule has 4 N–H and O–H groups in total. The van der Waals surface area contributed by atoms with E-state index in [1.807, 2.05) is 6.07 Å². The van der Waals surface area contributed by atoms with E-state index in [-0.39, 0.29) is 40.0 Å². The maximum atomic E-state index is 14.6. The highest BCUT2D eigenvalue weighted by Crippen LogP contribution is 2.48. The Morgan fingerprint density at radius 1 is 0.879 bits per heavy atom. The minimum atomic E-state index is -0.647. The van der Waals surface area contributed by atoms with Crippen molar-refractivity contribution < 1.29 is 4.79 Å². The Balaban J connectivity index is 2.07. The van der Waals surface area contributed by atoms with Crippen LogP contribution in [0.2, 0.25) is 0 Å². The fraction of sp³-hybridized carbons (Fsp3) is 0.750. The molecule has 0 bridgehead atoms. The number of carbonyl (C=O) groups is 1. The fourth-order valence-corrected chi connectivity index (χ4v) is 7.45. The molecule has 2 aliphatic heterocycles.